The Kier molecular flexibility index (Phi) is 2.48. The maximum absolute atomic E-state index is 11.9. The van der Waals surface area contributed by atoms with Gasteiger partial charge < -0.3 is 9.64 Å². The molecule has 2 rings (SSSR count). The predicted molar refractivity (Wildman–Crippen MR) is 59.8 cm³/mol. The fraction of sp³-hybridized carbons (Fsp3) is 0.167. The Balaban J connectivity index is 2.53. The molecule has 82 valence electrons. The lowest BCUT2D eigenvalue weighted by Crippen LogP contribution is -2.20. The third-order valence-corrected chi connectivity index (χ3v) is 2.55. The molecule has 4 nitrogen and oxygen atoms in total. The number of benzene rings is 1. The molecule has 0 bridgehead atoms. The lowest BCUT2D eigenvalue weighted by atomic mass is 10.1. The van der Waals surface area contributed by atoms with Crippen molar-refractivity contribution in [2.24, 2.45) is 0 Å². The zero-order chi connectivity index (χ0) is 11.7. The van der Waals surface area contributed by atoms with Gasteiger partial charge in [0.2, 0.25) is 0 Å². The summed E-state index contributed by atoms with van der Waals surface area (Å²) in [5.74, 6) is -0.708. The van der Waals surface area contributed by atoms with Crippen molar-refractivity contribution in [1.82, 2.24) is 0 Å². The number of rotatable bonds is 1. The van der Waals surface area contributed by atoms with E-state index >= 15 is 0 Å². The highest BCUT2D eigenvalue weighted by atomic mass is 16.5. The van der Waals surface area contributed by atoms with Crippen molar-refractivity contribution in [2.75, 3.05) is 19.1 Å². The molecular formula is C12H11NO3. The Labute approximate surface area is 93.1 Å². The Morgan fingerprint density at radius 2 is 2.06 bits per heavy atom. The summed E-state index contributed by atoms with van der Waals surface area (Å²) in [6.45, 7) is 0. The lowest BCUT2D eigenvalue weighted by molar-refractivity contribution is -0.135. The van der Waals surface area contributed by atoms with Crippen LogP contribution in [0.5, 0.6) is 0 Å². The van der Waals surface area contributed by atoms with E-state index in [-0.39, 0.29) is 5.91 Å². The largest absolute Gasteiger partial charge is 0.466 e. The Hall–Kier alpha value is -2.10. The van der Waals surface area contributed by atoms with E-state index in [1.165, 1.54) is 18.1 Å². The SMILES string of the molecule is COC(=O)/C=C1/C(=O)N(C)c2ccccc21. The quantitative estimate of drug-likeness (QED) is 0.525. The van der Waals surface area contributed by atoms with Crippen LogP contribution >= 0.6 is 0 Å². The predicted octanol–water partition coefficient (Wildman–Crippen LogP) is 1.22. The van der Waals surface area contributed by atoms with Crippen LogP contribution in [0.2, 0.25) is 0 Å². The normalized spacial score (nSPS) is 16.5. The van der Waals surface area contributed by atoms with Crippen LogP contribution < -0.4 is 4.90 Å². The molecule has 0 saturated carbocycles. The summed E-state index contributed by atoms with van der Waals surface area (Å²) < 4.78 is 4.52. The fourth-order valence-electron chi connectivity index (χ4n) is 1.72. The first kappa shape index (κ1) is 10.4. The van der Waals surface area contributed by atoms with Crippen LogP contribution in [0.3, 0.4) is 0 Å². The van der Waals surface area contributed by atoms with Gasteiger partial charge in [-0.15, -0.1) is 0 Å². The summed E-state index contributed by atoms with van der Waals surface area (Å²) in [5, 5.41) is 0. The van der Waals surface area contributed by atoms with Gasteiger partial charge in [0, 0.05) is 18.7 Å². The van der Waals surface area contributed by atoms with Gasteiger partial charge in [-0.2, -0.15) is 0 Å². The van der Waals surface area contributed by atoms with E-state index in [1.807, 2.05) is 24.3 Å². The molecule has 0 unspecified atom stereocenters. The van der Waals surface area contributed by atoms with Crippen LogP contribution in [-0.4, -0.2) is 26.0 Å². The van der Waals surface area contributed by atoms with E-state index in [0.29, 0.717) is 5.57 Å². The highest BCUT2D eigenvalue weighted by Crippen LogP contribution is 2.35. The summed E-state index contributed by atoms with van der Waals surface area (Å²) in [6.07, 6.45) is 1.23. The minimum Gasteiger partial charge on any atom is -0.466 e. The molecule has 1 aromatic carbocycles. The molecule has 1 aliphatic heterocycles. The van der Waals surface area contributed by atoms with Crippen LogP contribution in [0.25, 0.3) is 5.57 Å². The zero-order valence-electron chi connectivity index (χ0n) is 9.06. The number of carbonyl (C=O) groups excluding carboxylic acids is 2. The molecule has 1 aromatic rings. The van der Waals surface area contributed by atoms with Crippen LogP contribution in [0.4, 0.5) is 5.69 Å². The Bertz CT molecular complexity index is 491. The first-order valence-corrected chi connectivity index (χ1v) is 4.82. The Morgan fingerprint density at radius 3 is 2.75 bits per heavy atom. The van der Waals surface area contributed by atoms with Gasteiger partial charge in [0.05, 0.1) is 18.4 Å². The first-order chi connectivity index (χ1) is 7.65. The van der Waals surface area contributed by atoms with E-state index in [1.54, 1.807) is 7.05 Å². The molecule has 0 radical (unpaired) electrons. The van der Waals surface area contributed by atoms with E-state index in [4.69, 9.17) is 0 Å². The number of nitrogens with zero attached hydrogens (tertiary/aromatic N) is 1. The van der Waals surface area contributed by atoms with Crippen LogP contribution in [0.1, 0.15) is 5.56 Å². The maximum Gasteiger partial charge on any atom is 0.331 e. The molecule has 16 heavy (non-hydrogen) atoms. The highest BCUT2D eigenvalue weighted by molar-refractivity contribution is 6.34. The molecule has 1 aliphatic rings. The number of amides is 1. The number of hydrogen-bond acceptors (Lipinski definition) is 3. The topological polar surface area (TPSA) is 46.6 Å². The van der Waals surface area contributed by atoms with Gasteiger partial charge in [-0.05, 0) is 6.07 Å². The lowest BCUT2D eigenvalue weighted by Gasteiger charge is -2.07. The zero-order valence-corrected chi connectivity index (χ0v) is 9.06. The van der Waals surface area contributed by atoms with Crippen molar-refractivity contribution >= 4 is 23.1 Å². The molecule has 0 fully saturated rings. The number of anilines is 1. The van der Waals surface area contributed by atoms with Crippen LogP contribution in [-0.2, 0) is 14.3 Å². The van der Waals surface area contributed by atoms with Crippen LogP contribution in [0.15, 0.2) is 30.3 Å². The summed E-state index contributed by atoms with van der Waals surface area (Å²) in [6, 6.07) is 7.33. The second-order valence-electron chi connectivity index (χ2n) is 3.46. The molecule has 0 aromatic heterocycles. The van der Waals surface area contributed by atoms with Gasteiger partial charge in [-0.1, -0.05) is 18.2 Å². The molecule has 1 amide bonds. The minimum absolute atomic E-state index is 0.188. The number of fused-ring (bicyclic) bond motifs is 1. The molecule has 0 N–H and O–H groups in total. The number of hydrogen-bond donors (Lipinski definition) is 0. The van der Waals surface area contributed by atoms with Crippen molar-refractivity contribution in [2.45, 2.75) is 0 Å². The van der Waals surface area contributed by atoms with Crippen molar-refractivity contribution in [1.29, 1.82) is 0 Å². The number of para-hydroxylation sites is 1. The number of methoxy groups -OCH3 is 1. The summed E-state index contributed by atoms with van der Waals surface area (Å²) in [7, 11) is 2.97. The van der Waals surface area contributed by atoms with Crippen LogP contribution in [0, 0.1) is 0 Å². The average molecular weight is 217 g/mol. The molecule has 0 saturated heterocycles. The second-order valence-corrected chi connectivity index (χ2v) is 3.46. The van der Waals surface area contributed by atoms with Gasteiger partial charge >= 0.3 is 5.97 Å². The molecule has 4 heteroatoms. The van der Waals surface area contributed by atoms with Gasteiger partial charge in [-0.3, -0.25) is 4.79 Å². The highest BCUT2D eigenvalue weighted by Gasteiger charge is 2.29. The molecular weight excluding hydrogens is 206 g/mol. The van der Waals surface area contributed by atoms with Crippen molar-refractivity contribution in [3.8, 4) is 0 Å². The van der Waals surface area contributed by atoms with Gasteiger partial charge in [0.15, 0.2) is 0 Å². The number of likely N-dealkylation sites (N-methyl/N-ethyl adjacent to an activating group) is 1. The summed E-state index contributed by atoms with van der Waals surface area (Å²) in [5.41, 5.74) is 1.95. The monoisotopic (exact) mass is 217 g/mol. The second kappa shape index (κ2) is 3.81. The van der Waals surface area contributed by atoms with E-state index in [2.05, 4.69) is 4.74 Å². The van der Waals surface area contributed by atoms with Gasteiger partial charge in [-0.25, -0.2) is 4.79 Å². The van der Waals surface area contributed by atoms with Gasteiger partial charge in [0.25, 0.3) is 5.91 Å². The third-order valence-electron chi connectivity index (χ3n) is 2.55. The molecule has 0 atom stereocenters. The van der Waals surface area contributed by atoms with Gasteiger partial charge in [0.1, 0.15) is 0 Å². The standard InChI is InChI=1S/C12H11NO3/c1-13-10-6-4-3-5-8(10)9(12(13)15)7-11(14)16-2/h3-7H,1-2H3/b9-7+. The van der Waals surface area contributed by atoms with Crippen molar-refractivity contribution in [3.05, 3.63) is 35.9 Å². The summed E-state index contributed by atoms with van der Waals surface area (Å²) >= 11 is 0. The number of ether oxygens (including phenoxy) is 1. The fourth-order valence-corrected chi connectivity index (χ4v) is 1.72. The van der Waals surface area contributed by atoms with Crippen molar-refractivity contribution < 1.29 is 14.3 Å². The Morgan fingerprint density at radius 1 is 1.38 bits per heavy atom. The number of esters is 1. The summed E-state index contributed by atoms with van der Waals surface area (Å²) in [4.78, 5) is 24.5. The van der Waals surface area contributed by atoms with Crippen molar-refractivity contribution in [3.63, 3.8) is 0 Å². The van der Waals surface area contributed by atoms with E-state index in [9.17, 15) is 9.59 Å². The molecule has 1 heterocycles. The average Bonchev–Trinajstić information content (AvgIpc) is 2.55. The van der Waals surface area contributed by atoms with E-state index in [0.717, 1.165) is 11.3 Å². The first-order valence-electron chi connectivity index (χ1n) is 4.82. The number of carbonyl (C=O) groups is 2. The maximum atomic E-state index is 11.9. The van der Waals surface area contributed by atoms with E-state index < -0.39 is 5.97 Å². The minimum atomic E-state index is -0.520. The molecule has 0 spiro atoms. The third kappa shape index (κ3) is 1.48. The molecule has 0 aliphatic carbocycles. The smallest absolute Gasteiger partial charge is 0.331 e.